The van der Waals surface area contributed by atoms with Gasteiger partial charge in [0.1, 0.15) is 41.5 Å². The molecule has 2 heterocycles. The highest BCUT2D eigenvalue weighted by Gasteiger charge is 2.81. The molecule has 0 spiro atoms. The lowest BCUT2D eigenvalue weighted by Crippen LogP contribution is -2.73. The van der Waals surface area contributed by atoms with Crippen LogP contribution in [-0.2, 0) is 38.1 Å². The third-order valence-corrected chi connectivity index (χ3v) is 14.5. The maximum absolute atomic E-state index is 13.0. The number of aliphatic hydroxyl groups is 3. The number of hydrogen-bond acceptors (Lipinski definition) is 11. The summed E-state index contributed by atoms with van der Waals surface area (Å²) in [5.74, 6) is -4.44. The van der Waals surface area contributed by atoms with E-state index in [-0.39, 0.29) is 35.7 Å². The van der Waals surface area contributed by atoms with Crippen molar-refractivity contribution in [2.45, 2.75) is 117 Å². The fourth-order valence-electron chi connectivity index (χ4n) is 12.9. The van der Waals surface area contributed by atoms with E-state index < -0.39 is 99.9 Å². The average Bonchev–Trinajstić information content (AvgIpc) is 3.65. The second-order valence-electron chi connectivity index (χ2n) is 16.6. The molecular weight excluding hydrogens is 608 g/mol. The largest absolute Gasteiger partial charge is 0.463 e. The Balaban J connectivity index is 1.46. The fraction of sp³-hybridized carbons (Fsp3) is 0.806. The van der Waals surface area contributed by atoms with Crippen molar-refractivity contribution in [1.29, 1.82) is 0 Å². The zero-order chi connectivity index (χ0) is 34.5. The zero-order valence-electron chi connectivity index (χ0n) is 28.8. The minimum atomic E-state index is -1.53. The van der Waals surface area contributed by atoms with Crippen molar-refractivity contribution in [3.63, 3.8) is 0 Å². The molecule has 7 aliphatic rings. The van der Waals surface area contributed by atoms with E-state index in [2.05, 4.69) is 6.58 Å². The molecule has 11 nitrogen and oxygen atoms in total. The van der Waals surface area contributed by atoms with Crippen LogP contribution >= 0.6 is 0 Å². The van der Waals surface area contributed by atoms with Gasteiger partial charge in [-0.3, -0.25) is 14.4 Å². The standard InChI is InChI=1S/C36H50O11/c1-13-11-21-35(9,36(10,42)15(3)43-21)26-23(13)34(8)25(28(26)41)22-24(14(2)31(34)45-17(5)38)33(7)19(29(27(22)40)44-16(4)37)12-20-30(47-20)32(33)46-18(6)39/h11,13-14,19-20,22-32,40-42H,3,12H2,1-2,4-10H3/t13-,14?,19-,20+,22-,23+,24?,25-,26+,27-,28-,29+,30+,31+,32+,33+,34-,35+,36-/m1/s1. The Hall–Kier alpha value is -2.47. The SMILES string of the molecule is C=C1OC2=C[C@@H](C)[C@H]3[C@@H]([C@H](O)[C@H]4[C@H]5C(C(C)[C@H](OC(C)=O)[C@]34C)[C@]3(C)[C@H](C[C@@H]4O[C@@H]4[C@@H]3OC(C)=O)[C@H](OC(C)=O)[C@@H]5O)[C@@]2(C)[C@]1(C)O. The predicted molar refractivity (Wildman–Crippen MR) is 164 cm³/mol. The summed E-state index contributed by atoms with van der Waals surface area (Å²) in [5.41, 5.74) is -4.41. The molecule has 2 aliphatic heterocycles. The minimum absolute atomic E-state index is 0.173. The molecule has 0 aromatic heterocycles. The van der Waals surface area contributed by atoms with Gasteiger partial charge in [0, 0.05) is 49.4 Å². The minimum Gasteiger partial charge on any atom is -0.463 e. The van der Waals surface area contributed by atoms with Gasteiger partial charge in [-0.05, 0) is 55.9 Å². The van der Waals surface area contributed by atoms with E-state index in [1.165, 1.54) is 20.8 Å². The van der Waals surface area contributed by atoms with E-state index in [0.717, 1.165) is 0 Å². The summed E-state index contributed by atoms with van der Waals surface area (Å²) in [7, 11) is 0. The lowest BCUT2D eigenvalue weighted by atomic mass is 9.39. The number of fused-ring (bicyclic) bond motifs is 10. The molecule has 3 N–H and O–H groups in total. The summed E-state index contributed by atoms with van der Waals surface area (Å²) in [5, 5.41) is 37.4. The molecule has 2 saturated heterocycles. The number of allylic oxidation sites excluding steroid dienone is 1. The molecule has 0 aromatic rings. The quantitative estimate of drug-likeness (QED) is 0.232. The summed E-state index contributed by atoms with van der Waals surface area (Å²) in [4.78, 5) is 38.2. The Morgan fingerprint density at radius 2 is 1.45 bits per heavy atom. The molecule has 260 valence electrons. The lowest BCUT2D eigenvalue weighted by Gasteiger charge is -2.67. The highest BCUT2D eigenvalue weighted by Crippen LogP contribution is 2.77. The molecule has 47 heavy (non-hydrogen) atoms. The summed E-state index contributed by atoms with van der Waals surface area (Å²) in [6.07, 6.45) is -2.78. The van der Waals surface area contributed by atoms with E-state index in [0.29, 0.717) is 12.2 Å². The van der Waals surface area contributed by atoms with Crippen molar-refractivity contribution in [3.8, 4) is 0 Å². The van der Waals surface area contributed by atoms with Crippen LogP contribution in [0, 0.1) is 63.6 Å². The van der Waals surface area contributed by atoms with Crippen molar-refractivity contribution in [3.05, 3.63) is 24.2 Å². The smallest absolute Gasteiger partial charge is 0.303 e. The Morgan fingerprint density at radius 3 is 2.04 bits per heavy atom. The van der Waals surface area contributed by atoms with Crippen LogP contribution in [0.25, 0.3) is 0 Å². The molecule has 0 radical (unpaired) electrons. The zero-order valence-corrected chi connectivity index (χ0v) is 28.8. The highest BCUT2D eigenvalue weighted by atomic mass is 16.6. The molecule has 5 aliphatic carbocycles. The second-order valence-corrected chi connectivity index (χ2v) is 16.6. The van der Waals surface area contributed by atoms with E-state index in [4.69, 9.17) is 23.7 Å². The number of aliphatic hydroxyl groups excluding tert-OH is 2. The Labute approximate surface area is 276 Å². The van der Waals surface area contributed by atoms with Crippen molar-refractivity contribution < 1.29 is 53.4 Å². The molecule has 2 unspecified atom stereocenters. The van der Waals surface area contributed by atoms with Crippen LogP contribution in [-0.4, -0.2) is 81.6 Å². The Morgan fingerprint density at radius 1 is 0.851 bits per heavy atom. The number of ether oxygens (including phenoxy) is 5. The topological polar surface area (TPSA) is 161 Å². The van der Waals surface area contributed by atoms with Crippen molar-refractivity contribution in [1.82, 2.24) is 0 Å². The molecule has 19 atom stereocenters. The first kappa shape index (κ1) is 33.0. The van der Waals surface area contributed by atoms with Crippen LogP contribution in [0.4, 0.5) is 0 Å². The first-order valence-electron chi connectivity index (χ1n) is 17.1. The van der Waals surface area contributed by atoms with Crippen LogP contribution < -0.4 is 0 Å². The number of epoxide rings is 1. The first-order valence-corrected chi connectivity index (χ1v) is 17.1. The first-order chi connectivity index (χ1) is 21.7. The highest BCUT2D eigenvalue weighted by molar-refractivity contribution is 5.67. The van der Waals surface area contributed by atoms with E-state index in [1.807, 2.05) is 40.7 Å². The van der Waals surface area contributed by atoms with Gasteiger partial charge < -0.3 is 39.0 Å². The van der Waals surface area contributed by atoms with Gasteiger partial charge >= 0.3 is 17.9 Å². The van der Waals surface area contributed by atoms with E-state index in [1.54, 1.807) is 6.92 Å². The molecule has 0 bridgehead atoms. The number of carbonyl (C=O) groups excluding carboxylic acids is 3. The lowest BCUT2D eigenvalue weighted by molar-refractivity contribution is -0.286. The van der Waals surface area contributed by atoms with Gasteiger partial charge in [0.05, 0.1) is 23.7 Å². The van der Waals surface area contributed by atoms with Crippen molar-refractivity contribution >= 4 is 17.9 Å². The molecular formula is C36H50O11. The normalized spacial score (nSPS) is 56.6. The summed E-state index contributed by atoms with van der Waals surface area (Å²) >= 11 is 0. The average molecular weight is 659 g/mol. The summed E-state index contributed by atoms with van der Waals surface area (Å²) in [6, 6.07) is 0. The third-order valence-electron chi connectivity index (χ3n) is 14.5. The molecule has 11 heteroatoms. The maximum atomic E-state index is 13.0. The van der Waals surface area contributed by atoms with Crippen LogP contribution in [0.3, 0.4) is 0 Å². The molecule has 0 amide bonds. The number of carbonyl (C=O) groups is 3. The van der Waals surface area contributed by atoms with Gasteiger partial charge in [0.25, 0.3) is 0 Å². The Kier molecular flexibility index (Phi) is 7.06. The van der Waals surface area contributed by atoms with Gasteiger partial charge in [-0.2, -0.15) is 0 Å². The van der Waals surface area contributed by atoms with Crippen LogP contribution in [0.5, 0.6) is 0 Å². The number of rotatable bonds is 3. The maximum Gasteiger partial charge on any atom is 0.303 e. The Bertz CT molecular complexity index is 1450. The molecule has 7 rings (SSSR count). The van der Waals surface area contributed by atoms with Crippen LogP contribution in [0.1, 0.15) is 68.7 Å². The van der Waals surface area contributed by atoms with E-state index in [9.17, 15) is 29.7 Å². The summed E-state index contributed by atoms with van der Waals surface area (Å²) in [6.45, 7) is 19.7. The fourth-order valence-corrected chi connectivity index (χ4v) is 12.9. The molecule has 4 saturated carbocycles. The van der Waals surface area contributed by atoms with Crippen molar-refractivity contribution in [2.75, 3.05) is 0 Å². The van der Waals surface area contributed by atoms with Gasteiger partial charge in [-0.15, -0.1) is 0 Å². The van der Waals surface area contributed by atoms with Crippen LogP contribution in [0.15, 0.2) is 24.2 Å². The van der Waals surface area contributed by atoms with E-state index >= 15 is 0 Å². The monoisotopic (exact) mass is 658 g/mol. The third kappa shape index (κ3) is 3.91. The van der Waals surface area contributed by atoms with Gasteiger partial charge in [0.2, 0.25) is 0 Å². The number of hydrogen-bond donors (Lipinski definition) is 3. The van der Waals surface area contributed by atoms with Gasteiger partial charge in [-0.1, -0.05) is 34.3 Å². The van der Waals surface area contributed by atoms with Gasteiger partial charge in [-0.25, -0.2) is 0 Å². The van der Waals surface area contributed by atoms with Crippen molar-refractivity contribution in [2.24, 2.45) is 63.6 Å². The number of esters is 3. The predicted octanol–water partition coefficient (Wildman–Crippen LogP) is 2.90. The van der Waals surface area contributed by atoms with Crippen LogP contribution in [0.2, 0.25) is 0 Å². The molecule has 6 fully saturated rings. The molecule has 0 aromatic carbocycles. The summed E-state index contributed by atoms with van der Waals surface area (Å²) < 4.78 is 30.6. The second kappa shape index (κ2) is 10.0. The van der Waals surface area contributed by atoms with Gasteiger partial charge in [0.15, 0.2) is 0 Å².